The van der Waals surface area contributed by atoms with Gasteiger partial charge in [0.05, 0.1) is 15.1 Å². The summed E-state index contributed by atoms with van der Waals surface area (Å²) in [5.41, 5.74) is 5.29. The van der Waals surface area contributed by atoms with Gasteiger partial charge < -0.3 is 15.8 Å². The van der Waals surface area contributed by atoms with Crippen molar-refractivity contribution in [2.75, 3.05) is 0 Å². The van der Waals surface area contributed by atoms with Crippen molar-refractivity contribution in [3.8, 4) is 17.1 Å². The minimum Gasteiger partial charge on any atom is -0.501 e. The van der Waals surface area contributed by atoms with Gasteiger partial charge in [0.2, 0.25) is 5.75 Å². The number of carbonyl (C=O) groups excluding carboxylic acids is 1. The molecule has 1 aromatic heterocycles. The van der Waals surface area contributed by atoms with E-state index in [0.29, 0.717) is 26.4 Å². The SMILES string of the molecule is NC(=O)c1nc(-c2cccc(CSc3cc(Cl)c(Cl)cc3Cl)c2)[nH]c(=O)c1O. The first-order valence-corrected chi connectivity index (χ1v) is 9.88. The van der Waals surface area contributed by atoms with Crippen molar-refractivity contribution in [1.82, 2.24) is 9.97 Å². The second-order valence-corrected chi connectivity index (χ2v) is 7.90. The molecule has 6 nitrogen and oxygen atoms in total. The average Bonchev–Trinajstić information content (AvgIpc) is 2.65. The van der Waals surface area contributed by atoms with E-state index in [9.17, 15) is 14.7 Å². The molecule has 0 unspecified atom stereocenters. The average molecular weight is 457 g/mol. The van der Waals surface area contributed by atoms with E-state index in [2.05, 4.69) is 9.97 Å². The lowest BCUT2D eigenvalue weighted by molar-refractivity contribution is 0.0992. The summed E-state index contributed by atoms with van der Waals surface area (Å²) >= 11 is 19.6. The maximum Gasteiger partial charge on any atom is 0.294 e. The molecule has 0 saturated carbocycles. The number of benzene rings is 2. The topological polar surface area (TPSA) is 109 Å². The fourth-order valence-corrected chi connectivity index (χ4v) is 4.03. The predicted molar refractivity (Wildman–Crippen MR) is 112 cm³/mol. The lowest BCUT2D eigenvalue weighted by atomic mass is 10.1. The summed E-state index contributed by atoms with van der Waals surface area (Å²) in [6, 6.07) is 10.4. The summed E-state index contributed by atoms with van der Waals surface area (Å²) in [5.74, 6) is -1.13. The highest BCUT2D eigenvalue weighted by Crippen LogP contribution is 2.36. The van der Waals surface area contributed by atoms with Crippen LogP contribution in [-0.2, 0) is 5.75 Å². The van der Waals surface area contributed by atoms with Crippen molar-refractivity contribution >= 4 is 52.5 Å². The highest BCUT2D eigenvalue weighted by atomic mass is 35.5. The molecule has 0 radical (unpaired) electrons. The zero-order valence-electron chi connectivity index (χ0n) is 14.0. The molecule has 0 aliphatic rings. The molecule has 0 atom stereocenters. The second-order valence-electron chi connectivity index (χ2n) is 5.66. The largest absolute Gasteiger partial charge is 0.501 e. The molecule has 2 aromatic carbocycles. The van der Waals surface area contributed by atoms with Crippen LogP contribution in [0.4, 0.5) is 0 Å². The molecule has 4 N–H and O–H groups in total. The number of nitrogens with zero attached hydrogens (tertiary/aromatic N) is 1. The van der Waals surface area contributed by atoms with Crippen LogP contribution in [0.2, 0.25) is 15.1 Å². The zero-order chi connectivity index (χ0) is 20.4. The third-order valence-corrected chi connectivity index (χ3v) is 5.97. The number of thioether (sulfide) groups is 1. The Labute approximate surface area is 178 Å². The van der Waals surface area contributed by atoms with Gasteiger partial charge in [0.1, 0.15) is 5.82 Å². The molecule has 1 heterocycles. The van der Waals surface area contributed by atoms with E-state index >= 15 is 0 Å². The number of aromatic nitrogens is 2. The first kappa shape index (κ1) is 20.5. The Kier molecular flexibility index (Phi) is 6.20. The Bertz CT molecular complexity index is 1130. The molecule has 0 aliphatic heterocycles. The fourth-order valence-electron chi connectivity index (χ4n) is 2.36. The molecule has 10 heteroatoms. The summed E-state index contributed by atoms with van der Waals surface area (Å²) in [5, 5.41) is 10.9. The number of aromatic amines is 1. The zero-order valence-corrected chi connectivity index (χ0v) is 17.1. The minimum absolute atomic E-state index is 0.121. The fraction of sp³-hybridized carbons (Fsp3) is 0.0556. The Morgan fingerprint density at radius 2 is 1.86 bits per heavy atom. The van der Waals surface area contributed by atoms with Gasteiger partial charge in [-0.3, -0.25) is 9.59 Å². The van der Waals surface area contributed by atoms with Crippen LogP contribution in [0.25, 0.3) is 11.4 Å². The third-order valence-electron chi connectivity index (χ3n) is 3.70. The van der Waals surface area contributed by atoms with Crippen LogP contribution in [0.5, 0.6) is 5.75 Å². The van der Waals surface area contributed by atoms with Crippen LogP contribution in [0.15, 0.2) is 46.1 Å². The Morgan fingerprint density at radius 1 is 1.14 bits per heavy atom. The maximum atomic E-state index is 11.8. The molecule has 3 aromatic rings. The third kappa shape index (κ3) is 4.44. The van der Waals surface area contributed by atoms with Gasteiger partial charge >= 0.3 is 0 Å². The van der Waals surface area contributed by atoms with Crippen molar-refractivity contribution in [3.05, 3.63) is 73.1 Å². The van der Waals surface area contributed by atoms with Gasteiger partial charge in [-0.2, -0.15) is 0 Å². The lowest BCUT2D eigenvalue weighted by Gasteiger charge is -2.08. The first-order valence-electron chi connectivity index (χ1n) is 7.76. The number of halogens is 3. The van der Waals surface area contributed by atoms with Crippen LogP contribution >= 0.6 is 46.6 Å². The monoisotopic (exact) mass is 455 g/mol. The van der Waals surface area contributed by atoms with Gasteiger partial charge in [0.15, 0.2) is 5.69 Å². The molecule has 0 spiro atoms. The van der Waals surface area contributed by atoms with Gasteiger partial charge in [-0.15, -0.1) is 11.8 Å². The smallest absolute Gasteiger partial charge is 0.294 e. The van der Waals surface area contributed by atoms with Crippen LogP contribution in [-0.4, -0.2) is 21.0 Å². The lowest BCUT2D eigenvalue weighted by Crippen LogP contribution is -2.20. The Hall–Kier alpha value is -2.19. The van der Waals surface area contributed by atoms with E-state index in [1.165, 1.54) is 11.8 Å². The molecular formula is C18H12Cl3N3O3S. The highest BCUT2D eigenvalue weighted by Gasteiger charge is 2.16. The molecular weight excluding hydrogens is 445 g/mol. The number of carbonyl (C=O) groups is 1. The minimum atomic E-state index is -0.995. The number of nitrogens with one attached hydrogen (secondary N) is 1. The van der Waals surface area contributed by atoms with E-state index in [1.54, 1.807) is 30.3 Å². The van der Waals surface area contributed by atoms with E-state index in [-0.39, 0.29) is 5.82 Å². The van der Waals surface area contributed by atoms with Gasteiger partial charge in [-0.05, 0) is 23.8 Å². The molecule has 0 saturated heterocycles. The molecule has 0 aliphatic carbocycles. The molecule has 0 fully saturated rings. The van der Waals surface area contributed by atoms with Crippen LogP contribution < -0.4 is 11.3 Å². The number of H-pyrrole nitrogens is 1. The molecule has 1 amide bonds. The number of rotatable bonds is 5. The molecule has 3 rings (SSSR count). The summed E-state index contributed by atoms with van der Waals surface area (Å²) < 4.78 is 0. The Balaban J connectivity index is 1.88. The van der Waals surface area contributed by atoms with Crippen LogP contribution in [0.3, 0.4) is 0 Å². The standard InChI is InChI=1S/C18H12Cl3N3O3S/c19-10-5-12(21)13(6-11(10)20)28-7-8-2-1-3-9(4-8)17-23-14(16(22)26)15(25)18(27)24-17/h1-6,25H,7H2,(H2,22,26)(H,23,24,27). The van der Waals surface area contributed by atoms with Gasteiger partial charge in [0.25, 0.3) is 11.5 Å². The summed E-state index contributed by atoms with van der Waals surface area (Å²) in [6.45, 7) is 0. The van der Waals surface area contributed by atoms with Crippen molar-refractivity contribution in [1.29, 1.82) is 0 Å². The number of aromatic hydroxyl groups is 1. The van der Waals surface area contributed by atoms with Crippen molar-refractivity contribution < 1.29 is 9.90 Å². The van der Waals surface area contributed by atoms with Crippen molar-refractivity contribution in [3.63, 3.8) is 0 Å². The van der Waals surface area contributed by atoms with Gasteiger partial charge in [-0.25, -0.2) is 4.98 Å². The molecule has 0 bridgehead atoms. The number of hydrogen-bond acceptors (Lipinski definition) is 5. The number of primary amides is 1. The van der Waals surface area contributed by atoms with Crippen molar-refractivity contribution in [2.24, 2.45) is 5.73 Å². The first-order chi connectivity index (χ1) is 13.3. The van der Waals surface area contributed by atoms with Gasteiger partial charge in [-0.1, -0.05) is 53.0 Å². The summed E-state index contributed by atoms with van der Waals surface area (Å²) in [6.07, 6.45) is 0. The van der Waals surface area contributed by atoms with Crippen LogP contribution in [0.1, 0.15) is 16.1 Å². The van der Waals surface area contributed by atoms with Crippen LogP contribution in [0, 0.1) is 0 Å². The number of hydrogen-bond donors (Lipinski definition) is 3. The van der Waals surface area contributed by atoms with Gasteiger partial charge in [0, 0.05) is 16.2 Å². The van der Waals surface area contributed by atoms with E-state index in [0.717, 1.165) is 10.5 Å². The van der Waals surface area contributed by atoms with E-state index in [1.807, 2.05) is 6.07 Å². The number of nitrogens with two attached hydrogens (primary N) is 1. The van der Waals surface area contributed by atoms with E-state index in [4.69, 9.17) is 40.5 Å². The van der Waals surface area contributed by atoms with E-state index < -0.39 is 22.9 Å². The van der Waals surface area contributed by atoms with Crippen molar-refractivity contribution in [2.45, 2.75) is 10.6 Å². The molecule has 28 heavy (non-hydrogen) atoms. The maximum absolute atomic E-state index is 11.8. The Morgan fingerprint density at radius 3 is 2.57 bits per heavy atom. The highest BCUT2D eigenvalue weighted by molar-refractivity contribution is 7.98. The summed E-state index contributed by atoms with van der Waals surface area (Å²) in [7, 11) is 0. The molecule has 144 valence electrons. The quantitative estimate of drug-likeness (QED) is 0.387. The predicted octanol–water partition coefficient (Wildman–Crippen LogP) is 4.49. The number of amides is 1. The normalized spacial score (nSPS) is 10.8. The second kappa shape index (κ2) is 8.45. The summed E-state index contributed by atoms with van der Waals surface area (Å²) in [4.78, 5) is 30.4.